The van der Waals surface area contributed by atoms with E-state index in [1.54, 1.807) is 6.07 Å². The number of carbonyl (C=O) groups is 1. The van der Waals surface area contributed by atoms with Crippen molar-refractivity contribution in [3.8, 4) is 11.1 Å². The number of fused-ring (bicyclic) bond motifs is 2. The molecule has 4 rings (SSSR count). The van der Waals surface area contributed by atoms with Gasteiger partial charge in [-0.25, -0.2) is 4.39 Å². The maximum atomic E-state index is 14.2. The lowest BCUT2D eigenvalue weighted by Crippen LogP contribution is -2.56. The van der Waals surface area contributed by atoms with Crippen LogP contribution in [-0.4, -0.2) is 47.9 Å². The number of anilines is 1. The summed E-state index contributed by atoms with van der Waals surface area (Å²) in [4.78, 5) is 17.1. The summed E-state index contributed by atoms with van der Waals surface area (Å²) in [5, 5.41) is 3.55. The first-order valence-electron chi connectivity index (χ1n) is 10.4. The normalized spacial score (nSPS) is 19.7. The fourth-order valence-electron chi connectivity index (χ4n) is 4.29. The average Bonchev–Trinajstić information content (AvgIpc) is 2.85. The van der Waals surface area contributed by atoms with Crippen molar-refractivity contribution in [2.24, 2.45) is 5.41 Å². The predicted molar refractivity (Wildman–Crippen MR) is 115 cm³/mol. The summed E-state index contributed by atoms with van der Waals surface area (Å²) < 4.78 is 14.2. The van der Waals surface area contributed by atoms with Crippen molar-refractivity contribution in [2.75, 3.05) is 31.5 Å². The standard InChI is InChI=1S/C24H30FN3O/c1-24(2,3)13-23(29)28-11-10-27-15-18-12-17(20-6-4-5-7-21(20)25)8-9-22(18)26-14-19(27)16-28/h4-9,12,19,26H,10-11,13-16H2,1-3H3. The lowest BCUT2D eigenvalue weighted by molar-refractivity contribution is -0.136. The number of amides is 1. The summed E-state index contributed by atoms with van der Waals surface area (Å²) >= 11 is 0. The molecule has 0 radical (unpaired) electrons. The molecule has 0 saturated carbocycles. The molecule has 154 valence electrons. The summed E-state index contributed by atoms with van der Waals surface area (Å²) in [6.07, 6.45) is 0.583. The molecule has 1 unspecified atom stereocenters. The molecule has 2 aliphatic rings. The Kier molecular flexibility index (Phi) is 5.34. The summed E-state index contributed by atoms with van der Waals surface area (Å²) in [5.74, 6) is 0.0543. The van der Waals surface area contributed by atoms with Crippen molar-refractivity contribution in [1.29, 1.82) is 0 Å². The van der Waals surface area contributed by atoms with Gasteiger partial charge < -0.3 is 10.2 Å². The fourth-order valence-corrected chi connectivity index (χ4v) is 4.29. The van der Waals surface area contributed by atoms with Crippen LogP contribution in [0.2, 0.25) is 0 Å². The highest BCUT2D eigenvalue weighted by Gasteiger charge is 2.32. The van der Waals surface area contributed by atoms with Crippen LogP contribution in [0.5, 0.6) is 0 Å². The van der Waals surface area contributed by atoms with Crippen molar-refractivity contribution >= 4 is 11.6 Å². The smallest absolute Gasteiger partial charge is 0.223 e. The third kappa shape index (κ3) is 4.45. The summed E-state index contributed by atoms with van der Waals surface area (Å²) in [6, 6.07) is 13.3. The van der Waals surface area contributed by atoms with Gasteiger partial charge in [0.1, 0.15) is 5.82 Å². The first-order chi connectivity index (χ1) is 13.8. The first-order valence-corrected chi connectivity index (χ1v) is 10.4. The van der Waals surface area contributed by atoms with Gasteiger partial charge in [0.2, 0.25) is 5.91 Å². The summed E-state index contributed by atoms with van der Waals surface area (Å²) in [7, 11) is 0. The second kappa shape index (κ2) is 7.79. The van der Waals surface area contributed by atoms with Crippen LogP contribution in [0, 0.1) is 11.2 Å². The molecular weight excluding hydrogens is 365 g/mol. The molecule has 1 N–H and O–H groups in total. The Morgan fingerprint density at radius 1 is 1.17 bits per heavy atom. The zero-order valence-corrected chi connectivity index (χ0v) is 17.5. The molecule has 1 amide bonds. The van der Waals surface area contributed by atoms with Crippen molar-refractivity contribution in [3.05, 3.63) is 53.8 Å². The predicted octanol–water partition coefficient (Wildman–Crippen LogP) is 4.37. The average molecular weight is 396 g/mol. The second-order valence-corrected chi connectivity index (χ2v) is 9.43. The van der Waals surface area contributed by atoms with E-state index in [0.29, 0.717) is 12.0 Å². The highest BCUT2D eigenvalue weighted by atomic mass is 19.1. The van der Waals surface area contributed by atoms with Crippen molar-refractivity contribution in [2.45, 2.75) is 39.8 Å². The molecule has 0 aromatic heterocycles. The van der Waals surface area contributed by atoms with Gasteiger partial charge in [0.15, 0.2) is 0 Å². The Morgan fingerprint density at radius 2 is 1.97 bits per heavy atom. The van der Waals surface area contributed by atoms with Gasteiger partial charge in [-0.3, -0.25) is 9.69 Å². The zero-order valence-electron chi connectivity index (χ0n) is 17.5. The van der Waals surface area contributed by atoms with E-state index in [1.165, 1.54) is 11.6 Å². The molecule has 0 aliphatic carbocycles. The van der Waals surface area contributed by atoms with Crippen LogP contribution in [0.1, 0.15) is 32.8 Å². The number of halogens is 1. The Labute approximate surface area is 172 Å². The first kappa shape index (κ1) is 19.9. The Bertz CT molecular complexity index is 905. The molecule has 0 spiro atoms. The molecule has 2 heterocycles. The van der Waals surface area contributed by atoms with Crippen LogP contribution in [0.3, 0.4) is 0 Å². The highest BCUT2D eigenvalue weighted by Crippen LogP contribution is 2.31. The Balaban J connectivity index is 1.50. The van der Waals surface area contributed by atoms with E-state index in [9.17, 15) is 9.18 Å². The van der Waals surface area contributed by atoms with Crippen molar-refractivity contribution < 1.29 is 9.18 Å². The third-order valence-corrected chi connectivity index (χ3v) is 5.83. The minimum Gasteiger partial charge on any atom is -0.383 e. The van der Waals surface area contributed by atoms with E-state index in [2.05, 4.69) is 43.1 Å². The largest absolute Gasteiger partial charge is 0.383 e. The summed E-state index contributed by atoms with van der Waals surface area (Å²) in [6.45, 7) is 10.4. The van der Waals surface area contributed by atoms with Gasteiger partial charge in [-0.05, 0) is 34.7 Å². The number of hydrogen-bond acceptors (Lipinski definition) is 3. The minimum absolute atomic E-state index is 0.00920. The topological polar surface area (TPSA) is 35.6 Å². The molecule has 4 nitrogen and oxygen atoms in total. The lowest BCUT2D eigenvalue weighted by atomic mass is 9.91. The van der Waals surface area contributed by atoms with Crippen LogP contribution >= 0.6 is 0 Å². The molecule has 1 fully saturated rings. The molecule has 2 aliphatic heterocycles. The SMILES string of the molecule is CC(C)(C)CC(=O)N1CCN2Cc3cc(-c4ccccc4F)ccc3NCC2C1. The number of nitrogens with zero attached hydrogens (tertiary/aromatic N) is 2. The van der Waals surface area contributed by atoms with Gasteiger partial charge in [-0.15, -0.1) is 0 Å². The Morgan fingerprint density at radius 3 is 2.72 bits per heavy atom. The van der Waals surface area contributed by atoms with E-state index in [4.69, 9.17) is 0 Å². The van der Waals surface area contributed by atoms with Gasteiger partial charge in [-0.2, -0.15) is 0 Å². The molecule has 1 saturated heterocycles. The van der Waals surface area contributed by atoms with Crippen LogP contribution in [0.15, 0.2) is 42.5 Å². The number of carbonyl (C=O) groups excluding carboxylic acids is 1. The molecule has 29 heavy (non-hydrogen) atoms. The molecule has 2 aromatic carbocycles. The van der Waals surface area contributed by atoms with Crippen LogP contribution in [0.4, 0.5) is 10.1 Å². The van der Waals surface area contributed by atoms with E-state index in [-0.39, 0.29) is 23.2 Å². The van der Waals surface area contributed by atoms with Crippen LogP contribution < -0.4 is 5.32 Å². The van der Waals surface area contributed by atoms with Gasteiger partial charge in [0.25, 0.3) is 0 Å². The van der Waals surface area contributed by atoms with Crippen molar-refractivity contribution in [1.82, 2.24) is 9.80 Å². The maximum Gasteiger partial charge on any atom is 0.223 e. The molecular formula is C24H30FN3O. The zero-order chi connectivity index (χ0) is 20.6. The van der Waals surface area contributed by atoms with Crippen LogP contribution in [0.25, 0.3) is 11.1 Å². The maximum absolute atomic E-state index is 14.2. The number of hydrogen-bond donors (Lipinski definition) is 1. The Hall–Kier alpha value is -2.40. The van der Waals surface area contributed by atoms with Gasteiger partial charge in [0, 0.05) is 56.4 Å². The fraction of sp³-hybridized carbons (Fsp3) is 0.458. The molecule has 5 heteroatoms. The van der Waals surface area contributed by atoms with E-state index in [1.807, 2.05) is 23.1 Å². The summed E-state index contributed by atoms with van der Waals surface area (Å²) in [5.41, 5.74) is 3.83. The van der Waals surface area contributed by atoms with E-state index < -0.39 is 0 Å². The number of rotatable bonds is 2. The molecule has 2 aromatic rings. The van der Waals surface area contributed by atoms with Gasteiger partial charge in [0.05, 0.1) is 0 Å². The van der Waals surface area contributed by atoms with Crippen molar-refractivity contribution in [3.63, 3.8) is 0 Å². The third-order valence-electron chi connectivity index (χ3n) is 5.83. The van der Waals surface area contributed by atoms with Gasteiger partial charge >= 0.3 is 0 Å². The minimum atomic E-state index is -0.196. The van der Waals surface area contributed by atoms with E-state index in [0.717, 1.165) is 44.0 Å². The molecule has 1 atom stereocenters. The van der Waals surface area contributed by atoms with Gasteiger partial charge in [-0.1, -0.05) is 45.0 Å². The monoisotopic (exact) mass is 395 g/mol. The second-order valence-electron chi connectivity index (χ2n) is 9.43. The highest BCUT2D eigenvalue weighted by molar-refractivity contribution is 5.77. The molecule has 0 bridgehead atoms. The lowest BCUT2D eigenvalue weighted by Gasteiger charge is -2.41. The quantitative estimate of drug-likeness (QED) is 0.820. The number of benzene rings is 2. The number of piperazine rings is 1. The number of nitrogens with one attached hydrogen (secondary N) is 1. The van der Waals surface area contributed by atoms with Crippen LogP contribution in [-0.2, 0) is 11.3 Å². The van der Waals surface area contributed by atoms with E-state index >= 15 is 0 Å².